The van der Waals surface area contributed by atoms with Gasteiger partial charge < -0.3 is 18.9 Å². The summed E-state index contributed by atoms with van der Waals surface area (Å²) in [6.45, 7) is 0.856. The van der Waals surface area contributed by atoms with Crippen LogP contribution in [0.2, 0.25) is 0 Å². The maximum Gasteiger partial charge on any atom is 0.343 e. The molecule has 0 saturated carbocycles. The van der Waals surface area contributed by atoms with Crippen LogP contribution >= 0.6 is 12.6 Å². The molecule has 6 heteroatoms. The Hall–Kier alpha value is -4.68. The molecular formula is C34H28O5S. The first-order valence-electron chi connectivity index (χ1n) is 12.8. The standard InChI is InChI=1S/C34H28O5S/c35-34(39-29-16-18-30(40)19-17-29)28-20-31(36-22-25-10-4-1-5-11-25)33(38-24-27-14-8-3-9-15-27)32(21-28)37-23-26-12-6-2-7-13-26/h1-21,40H,22-24H2. The van der Waals surface area contributed by atoms with Crippen molar-refractivity contribution < 1.29 is 23.7 Å². The van der Waals surface area contributed by atoms with Gasteiger partial charge in [-0.1, -0.05) is 91.0 Å². The number of esters is 1. The number of carbonyl (C=O) groups is 1. The smallest absolute Gasteiger partial charge is 0.343 e. The van der Waals surface area contributed by atoms with Gasteiger partial charge in [0.2, 0.25) is 5.75 Å². The summed E-state index contributed by atoms with van der Waals surface area (Å²) in [5.41, 5.74) is 3.21. The number of carbonyl (C=O) groups excluding carboxylic acids is 1. The number of hydrogen-bond donors (Lipinski definition) is 1. The summed E-state index contributed by atoms with van der Waals surface area (Å²) in [5, 5.41) is 0. The highest BCUT2D eigenvalue weighted by atomic mass is 32.1. The van der Waals surface area contributed by atoms with Gasteiger partial charge in [-0.3, -0.25) is 0 Å². The third-order valence-electron chi connectivity index (χ3n) is 6.00. The first-order valence-corrected chi connectivity index (χ1v) is 13.3. The lowest BCUT2D eigenvalue weighted by molar-refractivity contribution is 0.0733. The van der Waals surface area contributed by atoms with E-state index in [1.54, 1.807) is 36.4 Å². The van der Waals surface area contributed by atoms with E-state index >= 15 is 0 Å². The molecule has 0 N–H and O–H groups in total. The zero-order valence-electron chi connectivity index (χ0n) is 21.7. The summed E-state index contributed by atoms with van der Waals surface area (Å²) in [6, 6.07) is 39.6. The van der Waals surface area contributed by atoms with Crippen LogP contribution < -0.4 is 18.9 Å². The molecule has 0 radical (unpaired) electrons. The molecule has 0 bridgehead atoms. The first-order chi connectivity index (χ1) is 19.6. The fourth-order valence-electron chi connectivity index (χ4n) is 3.93. The summed E-state index contributed by atoms with van der Waals surface area (Å²) < 4.78 is 24.4. The molecule has 0 saturated heterocycles. The van der Waals surface area contributed by atoms with E-state index < -0.39 is 5.97 Å². The van der Waals surface area contributed by atoms with Crippen molar-refractivity contribution >= 4 is 18.6 Å². The number of rotatable bonds is 11. The molecule has 5 aromatic rings. The minimum absolute atomic E-state index is 0.271. The minimum Gasteiger partial charge on any atom is -0.485 e. The molecule has 5 aromatic carbocycles. The van der Waals surface area contributed by atoms with E-state index in [0.717, 1.165) is 21.6 Å². The van der Waals surface area contributed by atoms with Crippen LogP contribution in [0.25, 0.3) is 0 Å². The highest BCUT2D eigenvalue weighted by molar-refractivity contribution is 7.80. The molecule has 0 aliphatic carbocycles. The van der Waals surface area contributed by atoms with Crippen LogP contribution in [-0.2, 0) is 19.8 Å². The molecule has 0 unspecified atom stereocenters. The van der Waals surface area contributed by atoms with Crippen molar-refractivity contribution in [2.75, 3.05) is 0 Å². The number of ether oxygens (including phenoxy) is 4. The highest BCUT2D eigenvalue weighted by Crippen LogP contribution is 2.41. The van der Waals surface area contributed by atoms with Crippen molar-refractivity contribution in [2.45, 2.75) is 24.7 Å². The van der Waals surface area contributed by atoms with E-state index in [2.05, 4.69) is 12.6 Å². The van der Waals surface area contributed by atoms with Crippen molar-refractivity contribution in [3.8, 4) is 23.0 Å². The van der Waals surface area contributed by atoms with Crippen molar-refractivity contribution in [3.63, 3.8) is 0 Å². The maximum absolute atomic E-state index is 13.2. The Morgan fingerprint density at radius 2 is 0.975 bits per heavy atom. The lowest BCUT2D eigenvalue weighted by Crippen LogP contribution is -2.11. The predicted molar refractivity (Wildman–Crippen MR) is 157 cm³/mol. The second-order valence-electron chi connectivity index (χ2n) is 9.01. The molecule has 0 atom stereocenters. The van der Waals surface area contributed by atoms with E-state index in [9.17, 15) is 4.79 Å². The zero-order chi connectivity index (χ0) is 27.6. The Labute approximate surface area is 239 Å². The highest BCUT2D eigenvalue weighted by Gasteiger charge is 2.21. The molecule has 40 heavy (non-hydrogen) atoms. The van der Waals surface area contributed by atoms with Crippen LogP contribution in [0.1, 0.15) is 27.0 Å². The summed E-state index contributed by atoms with van der Waals surface area (Å²) in [7, 11) is 0. The summed E-state index contributed by atoms with van der Waals surface area (Å²) in [4.78, 5) is 14.0. The third-order valence-corrected chi connectivity index (χ3v) is 6.30. The fraction of sp³-hybridized carbons (Fsp3) is 0.0882. The summed E-state index contributed by atoms with van der Waals surface area (Å²) >= 11 is 4.30. The quantitative estimate of drug-likeness (QED) is 0.103. The van der Waals surface area contributed by atoms with Gasteiger partial charge in [0, 0.05) is 4.90 Å². The zero-order valence-corrected chi connectivity index (χ0v) is 22.6. The molecule has 0 heterocycles. The molecule has 0 aromatic heterocycles. The van der Waals surface area contributed by atoms with Crippen LogP contribution in [0.3, 0.4) is 0 Å². The maximum atomic E-state index is 13.2. The van der Waals surface area contributed by atoms with Gasteiger partial charge >= 0.3 is 5.97 Å². The molecule has 5 rings (SSSR count). The van der Waals surface area contributed by atoms with Crippen LogP contribution in [0.15, 0.2) is 132 Å². The predicted octanol–water partition coefficient (Wildman–Crippen LogP) is 7.93. The van der Waals surface area contributed by atoms with Gasteiger partial charge in [-0.15, -0.1) is 12.6 Å². The molecule has 0 amide bonds. The van der Waals surface area contributed by atoms with Crippen molar-refractivity contribution in [2.24, 2.45) is 0 Å². The van der Waals surface area contributed by atoms with E-state index in [0.29, 0.717) is 29.6 Å². The molecule has 200 valence electrons. The third kappa shape index (κ3) is 7.46. The average molecular weight is 549 g/mol. The Morgan fingerprint density at radius 1 is 0.550 bits per heavy atom. The topological polar surface area (TPSA) is 54.0 Å². The van der Waals surface area contributed by atoms with Gasteiger partial charge in [-0.2, -0.15) is 0 Å². The second-order valence-corrected chi connectivity index (χ2v) is 9.52. The normalized spacial score (nSPS) is 10.5. The lowest BCUT2D eigenvalue weighted by atomic mass is 10.1. The molecule has 0 aliphatic heterocycles. The molecule has 0 spiro atoms. The lowest BCUT2D eigenvalue weighted by Gasteiger charge is -2.19. The Balaban J connectivity index is 1.49. The van der Waals surface area contributed by atoms with Crippen LogP contribution in [0, 0.1) is 0 Å². The van der Waals surface area contributed by atoms with Gasteiger partial charge in [0.15, 0.2) is 11.5 Å². The molecular weight excluding hydrogens is 520 g/mol. The van der Waals surface area contributed by atoms with E-state index in [1.165, 1.54) is 0 Å². The minimum atomic E-state index is -0.546. The Kier molecular flexibility index (Phi) is 9.02. The van der Waals surface area contributed by atoms with Crippen LogP contribution in [-0.4, -0.2) is 5.97 Å². The van der Waals surface area contributed by atoms with Crippen LogP contribution in [0.4, 0.5) is 0 Å². The van der Waals surface area contributed by atoms with Crippen molar-refractivity contribution in [1.29, 1.82) is 0 Å². The summed E-state index contributed by atoms with van der Waals surface area (Å²) in [6.07, 6.45) is 0. The number of hydrogen-bond acceptors (Lipinski definition) is 6. The fourth-order valence-corrected chi connectivity index (χ4v) is 4.08. The SMILES string of the molecule is O=C(Oc1ccc(S)cc1)c1cc(OCc2ccccc2)c(OCc2ccccc2)c(OCc2ccccc2)c1. The Bertz CT molecular complexity index is 1460. The Morgan fingerprint density at radius 3 is 1.43 bits per heavy atom. The molecule has 5 nitrogen and oxygen atoms in total. The van der Waals surface area contributed by atoms with E-state index in [-0.39, 0.29) is 18.8 Å². The first kappa shape index (κ1) is 26.9. The largest absolute Gasteiger partial charge is 0.485 e. The van der Waals surface area contributed by atoms with Crippen molar-refractivity contribution in [3.05, 3.63) is 150 Å². The van der Waals surface area contributed by atoms with E-state index in [1.807, 2.05) is 91.0 Å². The van der Waals surface area contributed by atoms with E-state index in [4.69, 9.17) is 18.9 Å². The molecule has 0 fully saturated rings. The number of thiol groups is 1. The van der Waals surface area contributed by atoms with Gasteiger partial charge in [-0.25, -0.2) is 4.79 Å². The summed E-state index contributed by atoms with van der Waals surface area (Å²) in [5.74, 6) is 1.03. The molecule has 0 aliphatic rings. The van der Waals surface area contributed by atoms with Gasteiger partial charge in [-0.05, 0) is 53.1 Å². The van der Waals surface area contributed by atoms with Gasteiger partial charge in [0.05, 0.1) is 5.56 Å². The van der Waals surface area contributed by atoms with Gasteiger partial charge in [0.1, 0.15) is 25.6 Å². The number of benzene rings is 5. The van der Waals surface area contributed by atoms with Crippen LogP contribution in [0.5, 0.6) is 23.0 Å². The van der Waals surface area contributed by atoms with Gasteiger partial charge in [0.25, 0.3) is 0 Å². The monoisotopic (exact) mass is 548 g/mol. The second kappa shape index (κ2) is 13.4. The van der Waals surface area contributed by atoms with Crippen molar-refractivity contribution in [1.82, 2.24) is 0 Å². The average Bonchev–Trinajstić information content (AvgIpc) is 3.00.